The number of fused-ring (bicyclic) bond motifs is 5. The molecule has 0 spiro atoms. The number of thioether (sulfide) groups is 1. The third-order valence-corrected chi connectivity index (χ3v) is 14.0. The molecule has 6 rings (SSSR count). The minimum absolute atomic E-state index is 0.0848. The van der Waals surface area contributed by atoms with Crippen molar-refractivity contribution in [1.29, 1.82) is 0 Å². The van der Waals surface area contributed by atoms with E-state index in [1.807, 2.05) is 6.26 Å². The van der Waals surface area contributed by atoms with Crippen LogP contribution in [0.5, 0.6) is 0 Å². The number of benzene rings is 2. The fraction of sp³-hybridized carbons (Fsp3) is 0.565. The predicted molar refractivity (Wildman–Crippen MR) is 224 cm³/mol. The predicted octanol–water partition coefficient (Wildman–Crippen LogP) is 5.20. The van der Waals surface area contributed by atoms with Gasteiger partial charge in [0.2, 0.25) is 0 Å². The smallest absolute Gasteiger partial charge is 0.408 e. The van der Waals surface area contributed by atoms with Crippen LogP contribution in [0.4, 0.5) is 4.79 Å². The topological polar surface area (TPSA) is 210 Å². The van der Waals surface area contributed by atoms with Gasteiger partial charge in [-0.1, -0.05) is 69.3 Å². The highest BCUT2D eigenvalue weighted by atomic mass is 32.2. The summed E-state index contributed by atoms with van der Waals surface area (Å²) in [4.78, 5) is 83.5. The number of aliphatic hydroxyl groups excluding tert-OH is 1. The Morgan fingerprint density at radius 2 is 1.52 bits per heavy atom. The van der Waals surface area contributed by atoms with Gasteiger partial charge in [0.1, 0.15) is 29.5 Å². The Balaban J connectivity index is 1.54. The van der Waals surface area contributed by atoms with Crippen LogP contribution in [0, 0.1) is 16.7 Å². The van der Waals surface area contributed by atoms with Crippen LogP contribution in [0.25, 0.3) is 0 Å². The first-order valence-corrected chi connectivity index (χ1v) is 21.9. The highest BCUT2D eigenvalue weighted by molar-refractivity contribution is 7.99. The summed E-state index contributed by atoms with van der Waals surface area (Å²) in [5, 5.41) is 27.6. The van der Waals surface area contributed by atoms with Gasteiger partial charge in [-0.25, -0.2) is 14.4 Å². The summed E-state index contributed by atoms with van der Waals surface area (Å²) in [5.41, 5.74) is -7.26. The standard InChI is InChI=1S/C46H57NO14S/c1-24-29(58-40(53)33(50)32(27-17-13-11-14-18-27)47-41(54)61-42(4,5)6)21-46(55)38(59-39(52)28-19-15-12-16-20-28)35-44(9,36(51)34(57-25(2)48)31(24)43(46,7)8)22-30(62-10)37-45(35,23-56-37)60-26(3)49/h11-20,29-30,32-35,37-38,50,55H,21-23H2,1-10H3,(H,47,54)/t29-,30+,32-,33+,34+,35-,37+,38-,44+,45+,46+/m0/s1. The highest BCUT2D eigenvalue weighted by Gasteiger charge is 2.78. The molecule has 2 aromatic rings. The van der Waals surface area contributed by atoms with Crippen molar-refractivity contribution < 1.29 is 67.4 Å². The van der Waals surface area contributed by atoms with Crippen molar-refractivity contribution in [1.82, 2.24) is 5.32 Å². The molecule has 0 unspecified atom stereocenters. The second-order valence-electron chi connectivity index (χ2n) is 18.5. The average molecular weight is 880 g/mol. The minimum Gasteiger partial charge on any atom is -0.456 e. The average Bonchev–Trinajstić information content (AvgIpc) is 3.18. The van der Waals surface area contributed by atoms with Crippen LogP contribution >= 0.6 is 11.8 Å². The van der Waals surface area contributed by atoms with E-state index in [0.717, 1.165) is 6.92 Å². The van der Waals surface area contributed by atoms with Crippen molar-refractivity contribution in [3.8, 4) is 0 Å². The molecular formula is C46H57NO14S. The van der Waals surface area contributed by atoms with Crippen molar-refractivity contribution in [2.24, 2.45) is 16.7 Å². The quantitative estimate of drug-likeness (QED) is 0.159. The normalized spacial score (nSPS) is 32.2. The monoisotopic (exact) mass is 879 g/mol. The molecule has 1 aliphatic heterocycles. The molecule has 3 fully saturated rings. The fourth-order valence-corrected chi connectivity index (χ4v) is 11.2. The number of Topliss-reactive ketones (excluding diaryl/α,β-unsaturated/α-hetero) is 1. The molecule has 15 nitrogen and oxygen atoms in total. The molecule has 0 aromatic heterocycles. The number of ether oxygens (including phenoxy) is 6. The molecule has 2 aromatic carbocycles. The summed E-state index contributed by atoms with van der Waals surface area (Å²) < 4.78 is 36.4. The molecule has 3 aliphatic carbocycles. The Hall–Kier alpha value is -4.77. The van der Waals surface area contributed by atoms with Crippen LogP contribution < -0.4 is 5.32 Å². The summed E-state index contributed by atoms with van der Waals surface area (Å²) in [5.74, 6) is -5.53. The number of hydrogen-bond acceptors (Lipinski definition) is 15. The summed E-state index contributed by atoms with van der Waals surface area (Å²) in [6.07, 6.45) is -7.12. The molecular weight excluding hydrogens is 823 g/mol. The summed E-state index contributed by atoms with van der Waals surface area (Å²) in [6.45, 7) is 13.6. The lowest BCUT2D eigenvalue weighted by Gasteiger charge is -2.67. The second kappa shape index (κ2) is 17.1. The van der Waals surface area contributed by atoms with Gasteiger partial charge in [-0.2, -0.15) is 11.8 Å². The van der Waals surface area contributed by atoms with Crippen molar-refractivity contribution >= 4 is 47.5 Å². The summed E-state index contributed by atoms with van der Waals surface area (Å²) >= 11 is 1.39. The minimum atomic E-state index is -2.29. The van der Waals surface area contributed by atoms with Gasteiger partial charge in [-0.05, 0) is 69.2 Å². The Morgan fingerprint density at radius 1 is 0.903 bits per heavy atom. The lowest BCUT2D eigenvalue weighted by atomic mass is 9.45. The molecule has 336 valence electrons. The van der Waals surface area contributed by atoms with E-state index >= 15 is 4.79 Å². The van der Waals surface area contributed by atoms with E-state index in [9.17, 15) is 34.2 Å². The molecule has 1 saturated heterocycles. The molecule has 16 heteroatoms. The number of ketones is 1. The van der Waals surface area contributed by atoms with Gasteiger partial charge in [0, 0.05) is 36.3 Å². The molecule has 4 aliphatic rings. The molecule has 2 saturated carbocycles. The first-order valence-electron chi connectivity index (χ1n) is 20.6. The van der Waals surface area contributed by atoms with Crippen molar-refractivity contribution in [2.75, 3.05) is 12.9 Å². The maximum atomic E-state index is 15.7. The molecule has 0 radical (unpaired) electrons. The van der Waals surface area contributed by atoms with E-state index in [0.29, 0.717) is 5.56 Å². The maximum absolute atomic E-state index is 15.7. The lowest BCUT2D eigenvalue weighted by Crippen LogP contribution is -2.81. The van der Waals surface area contributed by atoms with E-state index in [1.54, 1.807) is 97.0 Å². The molecule has 62 heavy (non-hydrogen) atoms. The Bertz CT molecular complexity index is 2120. The van der Waals surface area contributed by atoms with Crippen LogP contribution in [0.2, 0.25) is 0 Å². The highest BCUT2D eigenvalue weighted by Crippen LogP contribution is 2.65. The van der Waals surface area contributed by atoms with Crippen molar-refractivity contribution in [2.45, 2.75) is 134 Å². The van der Waals surface area contributed by atoms with E-state index < -0.39 is 118 Å². The number of carbonyl (C=O) groups excluding carboxylic acids is 6. The van der Waals surface area contributed by atoms with Gasteiger partial charge < -0.3 is 44.0 Å². The molecule has 1 heterocycles. The Morgan fingerprint density at radius 3 is 2.05 bits per heavy atom. The second-order valence-corrected chi connectivity index (χ2v) is 19.5. The van der Waals surface area contributed by atoms with E-state index in [4.69, 9.17) is 28.4 Å². The largest absolute Gasteiger partial charge is 0.456 e. The first kappa shape index (κ1) is 46.7. The number of aliphatic hydroxyl groups is 2. The number of carbonyl (C=O) groups is 6. The SMILES string of the molecule is CS[C@@H]1C[C@@]2(C)C(=O)[C@H](OC(C)=O)C3=C(C)[C@@H](OC(=O)[C@H](O)[C@@H](NC(=O)OC(C)(C)C)c4ccccc4)C[C@@](O)([C@@H](OC(=O)c4ccccc4)[C@@H]2[C@]2(OC(C)=O)CO[C@H]12)C3(C)C. The number of esters is 4. The molecule has 2 bridgehead atoms. The van der Waals surface area contributed by atoms with Gasteiger partial charge in [0.15, 0.2) is 23.6 Å². The van der Waals surface area contributed by atoms with Crippen LogP contribution in [0.15, 0.2) is 71.8 Å². The van der Waals surface area contributed by atoms with Gasteiger partial charge >= 0.3 is 30.0 Å². The van der Waals surface area contributed by atoms with Crippen LogP contribution in [-0.2, 0) is 47.6 Å². The van der Waals surface area contributed by atoms with E-state index in [-0.39, 0.29) is 29.7 Å². The van der Waals surface area contributed by atoms with Crippen LogP contribution in [0.1, 0.15) is 97.1 Å². The zero-order chi connectivity index (χ0) is 45.7. The zero-order valence-electron chi connectivity index (χ0n) is 36.7. The van der Waals surface area contributed by atoms with Crippen molar-refractivity contribution in [3.05, 3.63) is 82.9 Å². The summed E-state index contributed by atoms with van der Waals surface area (Å²) in [6, 6.07) is 14.9. The number of hydrogen-bond donors (Lipinski definition) is 3. The molecule has 3 N–H and O–H groups in total. The zero-order valence-corrected chi connectivity index (χ0v) is 37.5. The van der Waals surface area contributed by atoms with Gasteiger partial charge in [0.25, 0.3) is 0 Å². The number of amides is 1. The van der Waals surface area contributed by atoms with Gasteiger partial charge in [-0.15, -0.1) is 0 Å². The Kier molecular flexibility index (Phi) is 12.9. The van der Waals surface area contributed by atoms with Crippen LogP contribution in [0.3, 0.4) is 0 Å². The van der Waals surface area contributed by atoms with E-state index in [2.05, 4.69) is 5.32 Å². The number of alkyl carbamates (subject to hydrolysis) is 1. The molecule has 11 atom stereocenters. The lowest BCUT2D eigenvalue weighted by molar-refractivity contribution is -0.330. The first-order chi connectivity index (χ1) is 28.9. The Labute approximate surface area is 365 Å². The number of rotatable bonds is 10. The molecule has 1 amide bonds. The van der Waals surface area contributed by atoms with Crippen molar-refractivity contribution in [3.63, 3.8) is 0 Å². The number of nitrogens with one attached hydrogen (secondary N) is 1. The maximum Gasteiger partial charge on any atom is 0.408 e. The third kappa shape index (κ3) is 8.26. The van der Waals surface area contributed by atoms with Crippen LogP contribution in [-0.4, -0.2) is 111 Å². The van der Waals surface area contributed by atoms with Gasteiger partial charge in [0.05, 0.1) is 24.1 Å². The van der Waals surface area contributed by atoms with E-state index in [1.165, 1.54) is 30.8 Å². The van der Waals surface area contributed by atoms with Gasteiger partial charge in [-0.3, -0.25) is 14.4 Å². The fourth-order valence-electron chi connectivity index (χ4n) is 10.1. The third-order valence-electron chi connectivity index (χ3n) is 13.0. The summed E-state index contributed by atoms with van der Waals surface area (Å²) in [7, 11) is 0.